The first kappa shape index (κ1) is 19.5. The van der Waals surface area contributed by atoms with Gasteiger partial charge in [0.15, 0.2) is 0 Å². The predicted octanol–water partition coefficient (Wildman–Crippen LogP) is 1.94. The normalized spacial score (nSPS) is 24.5. The summed E-state index contributed by atoms with van der Waals surface area (Å²) in [6, 6.07) is 0. The Morgan fingerprint density at radius 3 is 1.59 bits per heavy atom. The van der Waals surface area contributed by atoms with Gasteiger partial charge in [0, 0.05) is 24.9 Å². The van der Waals surface area contributed by atoms with Crippen molar-refractivity contribution in [2.75, 3.05) is 41.3 Å². The largest absolute Gasteiger partial charge is 0.309 e. The van der Waals surface area contributed by atoms with Crippen LogP contribution in [0.1, 0.15) is 19.3 Å². The fourth-order valence-electron chi connectivity index (χ4n) is 2.47. The van der Waals surface area contributed by atoms with E-state index in [1.54, 1.807) is 0 Å². The van der Waals surface area contributed by atoms with Gasteiger partial charge >= 0.3 is 0 Å². The first-order valence-corrected chi connectivity index (χ1v) is 5.84. The van der Waals surface area contributed by atoms with E-state index in [1.807, 2.05) is 28.2 Å². The molecule has 3 nitrogen and oxygen atoms in total. The number of nitrogens with zero attached hydrogens (tertiary/aromatic N) is 2. The molecule has 0 aromatic heterocycles. The summed E-state index contributed by atoms with van der Waals surface area (Å²) in [5, 5.41) is 0. The highest BCUT2D eigenvalue weighted by atomic mass is 35.5. The maximum Gasteiger partial charge on any atom is 0.141 e. The molecule has 0 saturated heterocycles. The van der Waals surface area contributed by atoms with Crippen molar-refractivity contribution in [3.63, 3.8) is 0 Å². The third kappa shape index (κ3) is 6.61. The summed E-state index contributed by atoms with van der Waals surface area (Å²) in [5.41, 5.74) is 0. The summed E-state index contributed by atoms with van der Waals surface area (Å²) in [4.78, 5) is 16.4. The van der Waals surface area contributed by atoms with Gasteiger partial charge in [-0.15, -0.1) is 24.8 Å². The zero-order valence-electron chi connectivity index (χ0n) is 11.3. The van der Waals surface area contributed by atoms with Crippen molar-refractivity contribution in [1.82, 2.24) is 9.80 Å². The highest BCUT2D eigenvalue weighted by Crippen LogP contribution is 2.26. The van der Waals surface area contributed by atoms with Crippen LogP contribution in [0.5, 0.6) is 0 Å². The molecular weight excluding hydrogens is 259 g/mol. The lowest BCUT2D eigenvalue weighted by Crippen LogP contribution is -2.39. The van der Waals surface area contributed by atoms with Gasteiger partial charge in [0.25, 0.3) is 0 Å². The Morgan fingerprint density at radius 2 is 1.29 bits per heavy atom. The van der Waals surface area contributed by atoms with E-state index in [1.165, 1.54) is 6.42 Å². The van der Waals surface area contributed by atoms with E-state index in [4.69, 9.17) is 0 Å². The van der Waals surface area contributed by atoms with Crippen molar-refractivity contribution in [3.05, 3.63) is 0 Å². The standard InChI is InChI=1S/C12H24N2O.2ClH/c1-13(2)8-10-6-5-7-11(12(10)15)9-14(3)4;;/h10-11H,5-9H2,1-4H3;2*1H. The zero-order chi connectivity index (χ0) is 11.4. The molecule has 0 spiro atoms. The quantitative estimate of drug-likeness (QED) is 0.788. The molecule has 0 aliphatic heterocycles. The average Bonchev–Trinajstić information content (AvgIpc) is 2.10. The van der Waals surface area contributed by atoms with E-state index in [9.17, 15) is 4.79 Å². The molecule has 17 heavy (non-hydrogen) atoms. The fourth-order valence-corrected chi connectivity index (χ4v) is 2.47. The van der Waals surface area contributed by atoms with Gasteiger partial charge in [-0.1, -0.05) is 6.42 Å². The zero-order valence-corrected chi connectivity index (χ0v) is 12.9. The molecule has 0 radical (unpaired) electrons. The lowest BCUT2D eigenvalue weighted by atomic mass is 9.79. The fraction of sp³-hybridized carbons (Fsp3) is 0.917. The summed E-state index contributed by atoms with van der Waals surface area (Å²) in [5.74, 6) is 1.04. The lowest BCUT2D eigenvalue weighted by molar-refractivity contribution is -0.130. The Kier molecular flexibility index (Phi) is 10.5. The van der Waals surface area contributed by atoms with E-state index < -0.39 is 0 Å². The second kappa shape index (κ2) is 9.15. The van der Waals surface area contributed by atoms with E-state index in [0.29, 0.717) is 5.78 Å². The van der Waals surface area contributed by atoms with Gasteiger partial charge in [-0.25, -0.2) is 0 Å². The molecule has 0 aromatic carbocycles. The minimum Gasteiger partial charge on any atom is -0.309 e. The average molecular weight is 285 g/mol. The molecule has 1 aliphatic rings. The predicted molar refractivity (Wildman–Crippen MR) is 77.4 cm³/mol. The number of carbonyl (C=O) groups excluding carboxylic acids is 1. The Hall–Kier alpha value is 0.170. The van der Waals surface area contributed by atoms with Gasteiger partial charge in [-0.2, -0.15) is 0 Å². The highest BCUT2D eigenvalue weighted by molar-refractivity contribution is 5.85. The summed E-state index contributed by atoms with van der Waals surface area (Å²) >= 11 is 0. The SMILES string of the molecule is CN(C)CC1CCCC(CN(C)C)C1=O.Cl.Cl. The third-order valence-electron chi connectivity index (χ3n) is 3.08. The summed E-state index contributed by atoms with van der Waals surface area (Å²) < 4.78 is 0. The van der Waals surface area contributed by atoms with Crippen molar-refractivity contribution in [2.45, 2.75) is 19.3 Å². The minimum absolute atomic E-state index is 0. The van der Waals surface area contributed by atoms with Crippen molar-refractivity contribution in [2.24, 2.45) is 11.8 Å². The first-order valence-electron chi connectivity index (χ1n) is 5.84. The van der Waals surface area contributed by atoms with Crippen molar-refractivity contribution >= 4 is 30.6 Å². The van der Waals surface area contributed by atoms with Crippen LogP contribution in [0.15, 0.2) is 0 Å². The summed E-state index contributed by atoms with van der Waals surface area (Å²) in [7, 11) is 8.18. The van der Waals surface area contributed by atoms with E-state index in [2.05, 4.69) is 9.80 Å². The summed E-state index contributed by atoms with van der Waals surface area (Å²) in [6.07, 6.45) is 3.38. The Bertz CT molecular complexity index is 203. The Morgan fingerprint density at radius 1 is 0.941 bits per heavy atom. The molecular formula is C12H26Cl2N2O. The number of Topliss-reactive ketones (excluding diaryl/α,β-unsaturated/α-hetero) is 1. The van der Waals surface area contributed by atoms with Crippen LogP contribution in [0.2, 0.25) is 0 Å². The van der Waals surface area contributed by atoms with Crippen LogP contribution in [-0.4, -0.2) is 56.9 Å². The number of halogens is 2. The van der Waals surface area contributed by atoms with Gasteiger partial charge in [0.1, 0.15) is 5.78 Å². The maximum absolute atomic E-state index is 12.1. The highest BCUT2D eigenvalue weighted by Gasteiger charge is 2.31. The van der Waals surface area contributed by atoms with Crippen LogP contribution in [-0.2, 0) is 4.79 Å². The first-order chi connectivity index (χ1) is 7.00. The number of carbonyl (C=O) groups is 1. The molecule has 0 heterocycles. The molecule has 5 heteroatoms. The topological polar surface area (TPSA) is 23.6 Å². The second-order valence-electron chi connectivity index (χ2n) is 5.25. The van der Waals surface area contributed by atoms with Crippen LogP contribution in [0.25, 0.3) is 0 Å². The van der Waals surface area contributed by atoms with E-state index in [0.717, 1.165) is 25.9 Å². The molecule has 2 atom stereocenters. The molecule has 1 aliphatic carbocycles. The number of rotatable bonds is 4. The number of hydrogen-bond acceptors (Lipinski definition) is 3. The van der Waals surface area contributed by atoms with Gasteiger partial charge < -0.3 is 9.80 Å². The van der Waals surface area contributed by atoms with Crippen molar-refractivity contribution < 1.29 is 4.79 Å². The molecule has 104 valence electrons. The maximum atomic E-state index is 12.1. The smallest absolute Gasteiger partial charge is 0.141 e. The molecule has 0 bridgehead atoms. The molecule has 1 rings (SSSR count). The Labute approximate surface area is 118 Å². The number of hydrogen-bond donors (Lipinski definition) is 0. The number of ketones is 1. The molecule has 0 N–H and O–H groups in total. The van der Waals surface area contributed by atoms with Crippen molar-refractivity contribution in [3.8, 4) is 0 Å². The minimum atomic E-state index is 0. The van der Waals surface area contributed by atoms with E-state index in [-0.39, 0.29) is 36.6 Å². The van der Waals surface area contributed by atoms with Crippen LogP contribution >= 0.6 is 24.8 Å². The third-order valence-corrected chi connectivity index (χ3v) is 3.08. The van der Waals surface area contributed by atoms with Crippen LogP contribution in [0, 0.1) is 11.8 Å². The van der Waals surface area contributed by atoms with Crippen molar-refractivity contribution in [1.29, 1.82) is 0 Å². The van der Waals surface area contributed by atoms with Crippen LogP contribution in [0.3, 0.4) is 0 Å². The Balaban J connectivity index is 0. The lowest BCUT2D eigenvalue weighted by Gasteiger charge is -2.31. The van der Waals surface area contributed by atoms with Gasteiger partial charge in [0.05, 0.1) is 0 Å². The molecule has 1 saturated carbocycles. The molecule has 2 unspecified atom stereocenters. The van der Waals surface area contributed by atoms with Gasteiger partial charge in [-0.05, 0) is 41.0 Å². The van der Waals surface area contributed by atoms with E-state index >= 15 is 0 Å². The molecule has 0 amide bonds. The van der Waals surface area contributed by atoms with Crippen LogP contribution < -0.4 is 0 Å². The second-order valence-corrected chi connectivity index (χ2v) is 5.25. The van der Waals surface area contributed by atoms with Crippen LogP contribution in [0.4, 0.5) is 0 Å². The monoisotopic (exact) mass is 284 g/mol. The van der Waals surface area contributed by atoms with Gasteiger partial charge in [0.2, 0.25) is 0 Å². The molecule has 1 fully saturated rings. The summed E-state index contributed by atoms with van der Waals surface area (Å²) in [6.45, 7) is 1.84. The van der Waals surface area contributed by atoms with Gasteiger partial charge in [-0.3, -0.25) is 4.79 Å². The molecule has 0 aromatic rings.